The Morgan fingerprint density at radius 1 is 1.70 bits per heavy atom. The minimum absolute atomic E-state index is 0.532. The van der Waals surface area contributed by atoms with E-state index in [0.717, 1.165) is 8.60 Å². The summed E-state index contributed by atoms with van der Waals surface area (Å²) in [4.78, 5) is 8.02. The first-order valence-electron chi connectivity index (χ1n) is 2.49. The fourth-order valence-electron chi connectivity index (χ4n) is 0.486. The van der Waals surface area contributed by atoms with Gasteiger partial charge in [-0.1, -0.05) is 0 Å². The Hall–Kier alpha value is 0.510. The predicted molar refractivity (Wildman–Crippen MR) is 53.8 cm³/mol. The number of rotatable bonds is 1. The highest BCUT2D eigenvalue weighted by atomic mass is 127. The molecule has 0 unspecified atom stereocenters. The summed E-state index contributed by atoms with van der Waals surface area (Å²) in [7, 11) is 0. The second kappa shape index (κ2) is 3.77. The third-order valence-corrected chi connectivity index (χ3v) is 2.96. The van der Waals surface area contributed by atoms with Gasteiger partial charge < -0.3 is 0 Å². The lowest BCUT2D eigenvalue weighted by Gasteiger charge is -1.97. The maximum atomic E-state index is 4.10. The highest BCUT2D eigenvalue weighted by Crippen LogP contribution is 2.19. The first kappa shape index (κ1) is 8.61. The van der Waals surface area contributed by atoms with E-state index >= 15 is 0 Å². The molecule has 54 valence electrons. The van der Waals surface area contributed by atoms with Crippen LogP contribution >= 0.6 is 47.0 Å². The van der Waals surface area contributed by atoms with E-state index in [0.29, 0.717) is 5.16 Å². The van der Waals surface area contributed by atoms with Gasteiger partial charge in [-0.25, -0.2) is 9.97 Å². The standard InChI is InChI=1S/C5H5IN2S2/c1-10-4-3(6)2-7-5(9)8-4/h2H,1H3,(H,7,8,9). The van der Waals surface area contributed by atoms with E-state index in [1.165, 1.54) is 0 Å². The van der Waals surface area contributed by atoms with Crippen LogP contribution in [0.1, 0.15) is 0 Å². The first-order valence-corrected chi connectivity index (χ1v) is 5.24. The molecule has 5 heteroatoms. The second-order valence-corrected chi connectivity index (χ2v) is 3.88. The second-order valence-electron chi connectivity index (χ2n) is 1.53. The summed E-state index contributed by atoms with van der Waals surface area (Å²) in [6, 6.07) is 0. The van der Waals surface area contributed by atoms with Crippen LogP contribution in [0.5, 0.6) is 0 Å². The van der Waals surface area contributed by atoms with Gasteiger partial charge in [0.1, 0.15) is 5.03 Å². The van der Waals surface area contributed by atoms with Gasteiger partial charge in [0, 0.05) is 6.20 Å². The Labute approximate surface area is 82.8 Å². The molecule has 0 amide bonds. The molecule has 0 saturated heterocycles. The molecular weight excluding hydrogens is 279 g/mol. The summed E-state index contributed by atoms with van der Waals surface area (Å²) in [5.74, 6) is 0. The number of halogens is 1. The van der Waals surface area contributed by atoms with Gasteiger partial charge in [0.25, 0.3) is 0 Å². The molecule has 0 aliphatic carbocycles. The van der Waals surface area contributed by atoms with Crippen LogP contribution in [0.15, 0.2) is 16.4 Å². The molecule has 0 bridgehead atoms. The van der Waals surface area contributed by atoms with Crippen molar-refractivity contribution in [2.45, 2.75) is 10.2 Å². The molecule has 1 aromatic rings. The van der Waals surface area contributed by atoms with Gasteiger partial charge in [-0.2, -0.15) is 0 Å². The fourth-order valence-corrected chi connectivity index (χ4v) is 2.06. The molecule has 2 nitrogen and oxygen atoms in total. The van der Waals surface area contributed by atoms with Crippen molar-refractivity contribution in [2.24, 2.45) is 0 Å². The van der Waals surface area contributed by atoms with Crippen LogP contribution in [-0.4, -0.2) is 16.2 Å². The third kappa shape index (κ3) is 2.00. The Bertz CT molecular complexity index is 241. The van der Waals surface area contributed by atoms with Gasteiger partial charge in [0.15, 0.2) is 5.16 Å². The highest BCUT2D eigenvalue weighted by molar-refractivity contribution is 14.1. The van der Waals surface area contributed by atoms with Gasteiger partial charge >= 0.3 is 0 Å². The predicted octanol–water partition coefficient (Wildman–Crippen LogP) is 2.09. The molecule has 0 radical (unpaired) electrons. The SMILES string of the molecule is CSc1nc(S)ncc1I. The van der Waals surface area contributed by atoms with Crippen LogP contribution in [-0.2, 0) is 0 Å². The number of thiol groups is 1. The number of thioether (sulfide) groups is 1. The molecule has 1 aromatic heterocycles. The van der Waals surface area contributed by atoms with Gasteiger partial charge in [-0.05, 0) is 28.8 Å². The van der Waals surface area contributed by atoms with Crippen molar-refractivity contribution in [3.63, 3.8) is 0 Å². The van der Waals surface area contributed by atoms with Gasteiger partial charge in [-0.15, -0.1) is 24.4 Å². The normalized spacial score (nSPS) is 9.90. The van der Waals surface area contributed by atoms with Gasteiger partial charge in [-0.3, -0.25) is 0 Å². The number of hydrogen-bond acceptors (Lipinski definition) is 4. The average molecular weight is 284 g/mol. The van der Waals surface area contributed by atoms with Gasteiger partial charge in [0.2, 0.25) is 0 Å². The zero-order valence-corrected chi connectivity index (χ0v) is 9.07. The van der Waals surface area contributed by atoms with E-state index in [-0.39, 0.29) is 0 Å². The van der Waals surface area contributed by atoms with Crippen LogP contribution < -0.4 is 0 Å². The molecule has 1 rings (SSSR count). The maximum Gasteiger partial charge on any atom is 0.185 e. The monoisotopic (exact) mass is 284 g/mol. The van der Waals surface area contributed by atoms with E-state index in [2.05, 4.69) is 45.2 Å². The fraction of sp³-hybridized carbons (Fsp3) is 0.200. The topological polar surface area (TPSA) is 25.8 Å². The maximum absolute atomic E-state index is 4.10. The largest absolute Gasteiger partial charge is 0.230 e. The van der Waals surface area contributed by atoms with Crippen molar-refractivity contribution in [1.29, 1.82) is 0 Å². The van der Waals surface area contributed by atoms with Crippen molar-refractivity contribution in [3.8, 4) is 0 Å². The van der Waals surface area contributed by atoms with Crippen LogP contribution in [0.3, 0.4) is 0 Å². The smallest absolute Gasteiger partial charge is 0.185 e. The number of nitrogens with zero attached hydrogens (tertiary/aromatic N) is 2. The summed E-state index contributed by atoms with van der Waals surface area (Å²) in [6.07, 6.45) is 3.75. The van der Waals surface area contributed by atoms with Crippen molar-refractivity contribution in [1.82, 2.24) is 9.97 Å². The summed E-state index contributed by atoms with van der Waals surface area (Å²) in [5.41, 5.74) is 0. The van der Waals surface area contributed by atoms with E-state index in [9.17, 15) is 0 Å². The Morgan fingerprint density at radius 2 is 2.40 bits per heavy atom. The highest BCUT2D eigenvalue weighted by Gasteiger charge is 1.99. The zero-order valence-electron chi connectivity index (χ0n) is 5.21. The van der Waals surface area contributed by atoms with E-state index in [4.69, 9.17) is 0 Å². The van der Waals surface area contributed by atoms with E-state index in [1.807, 2.05) is 6.26 Å². The summed E-state index contributed by atoms with van der Waals surface area (Å²) in [5, 5.41) is 1.52. The molecule has 1 heterocycles. The number of hydrogen-bond donors (Lipinski definition) is 1. The van der Waals surface area contributed by atoms with Crippen molar-refractivity contribution in [3.05, 3.63) is 9.77 Å². The number of aromatic nitrogens is 2. The van der Waals surface area contributed by atoms with Crippen molar-refractivity contribution < 1.29 is 0 Å². The minimum Gasteiger partial charge on any atom is -0.230 e. The van der Waals surface area contributed by atoms with Crippen molar-refractivity contribution in [2.75, 3.05) is 6.26 Å². The van der Waals surface area contributed by atoms with Crippen LogP contribution in [0.25, 0.3) is 0 Å². The molecule has 0 saturated carbocycles. The molecule has 0 aromatic carbocycles. The molecule has 0 fully saturated rings. The molecule has 0 N–H and O–H groups in total. The molecule has 0 aliphatic rings. The first-order chi connectivity index (χ1) is 4.74. The lowest BCUT2D eigenvalue weighted by atomic mass is 10.7. The van der Waals surface area contributed by atoms with Crippen LogP contribution in [0.2, 0.25) is 0 Å². The molecular formula is C5H5IN2S2. The van der Waals surface area contributed by atoms with Crippen LogP contribution in [0, 0.1) is 3.57 Å². The summed E-state index contributed by atoms with van der Waals surface area (Å²) < 4.78 is 1.07. The lowest BCUT2D eigenvalue weighted by Crippen LogP contribution is -1.88. The van der Waals surface area contributed by atoms with E-state index in [1.54, 1.807) is 18.0 Å². The molecule has 0 aliphatic heterocycles. The lowest BCUT2D eigenvalue weighted by molar-refractivity contribution is 0.883. The summed E-state index contributed by atoms with van der Waals surface area (Å²) >= 11 is 7.82. The minimum atomic E-state index is 0.532. The van der Waals surface area contributed by atoms with Gasteiger partial charge in [0.05, 0.1) is 3.57 Å². The van der Waals surface area contributed by atoms with Crippen molar-refractivity contribution >= 4 is 47.0 Å². The Morgan fingerprint density at radius 3 is 2.90 bits per heavy atom. The molecule has 10 heavy (non-hydrogen) atoms. The van der Waals surface area contributed by atoms with E-state index < -0.39 is 0 Å². The molecule has 0 spiro atoms. The molecule has 0 atom stereocenters. The van der Waals surface area contributed by atoms with Crippen LogP contribution in [0.4, 0.5) is 0 Å². The Balaban J connectivity index is 3.09. The quantitative estimate of drug-likeness (QED) is 0.281. The average Bonchev–Trinajstić information content (AvgIpc) is 1.94. The zero-order chi connectivity index (χ0) is 7.56. The third-order valence-electron chi connectivity index (χ3n) is 0.893. The summed E-state index contributed by atoms with van der Waals surface area (Å²) in [6.45, 7) is 0. The Kier molecular flexibility index (Phi) is 3.25.